The van der Waals surface area contributed by atoms with Gasteiger partial charge in [0.25, 0.3) is 5.89 Å². The van der Waals surface area contributed by atoms with E-state index in [4.69, 9.17) is 4.52 Å². The summed E-state index contributed by atoms with van der Waals surface area (Å²) in [5, 5.41) is 15.5. The average molecular weight is 424 g/mol. The van der Waals surface area contributed by atoms with Crippen molar-refractivity contribution in [1.82, 2.24) is 24.9 Å². The molecule has 0 bridgehead atoms. The van der Waals surface area contributed by atoms with Gasteiger partial charge in [-0.15, -0.1) is 10.2 Å². The van der Waals surface area contributed by atoms with Crippen LogP contribution in [-0.2, 0) is 11.8 Å². The number of amides is 1. The summed E-state index contributed by atoms with van der Waals surface area (Å²) in [6.45, 7) is 1.99. The first-order valence-corrected chi connectivity index (χ1v) is 9.97. The van der Waals surface area contributed by atoms with E-state index in [0.29, 0.717) is 22.4 Å². The van der Waals surface area contributed by atoms with E-state index in [-0.39, 0.29) is 23.4 Å². The fourth-order valence-electron chi connectivity index (χ4n) is 2.62. The summed E-state index contributed by atoms with van der Waals surface area (Å²) in [6, 6.07) is 13.3. The van der Waals surface area contributed by atoms with Crippen molar-refractivity contribution in [2.75, 3.05) is 11.1 Å². The van der Waals surface area contributed by atoms with Gasteiger partial charge in [0.2, 0.25) is 17.6 Å². The second-order valence-electron chi connectivity index (χ2n) is 6.50. The normalized spacial score (nSPS) is 10.9. The molecule has 10 heteroatoms. The molecule has 0 fully saturated rings. The molecule has 0 spiro atoms. The van der Waals surface area contributed by atoms with Gasteiger partial charge in [-0.1, -0.05) is 34.6 Å². The maximum absolute atomic E-state index is 13.1. The number of rotatable bonds is 6. The highest BCUT2D eigenvalue weighted by atomic mass is 32.2. The summed E-state index contributed by atoms with van der Waals surface area (Å²) in [7, 11) is 1.75. The molecule has 1 N–H and O–H groups in total. The minimum Gasteiger partial charge on any atom is -0.330 e. The van der Waals surface area contributed by atoms with Gasteiger partial charge < -0.3 is 14.4 Å². The van der Waals surface area contributed by atoms with Crippen LogP contribution in [0.25, 0.3) is 23.1 Å². The van der Waals surface area contributed by atoms with Crippen molar-refractivity contribution in [3.05, 3.63) is 59.9 Å². The van der Waals surface area contributed by atoms with Crippen molar-refractivity contribution < 1.29 is 13.7 Å². The SMILES string of the molecule is Cc1ccc(NC(=O)CSc2nnc(-c3nc(-c4ccc(F)cc4)no3)n2C)cc1. The van der Waals surface area contributed by atoms with E-state index in [1.807, 2.05) is 31.2 Å². The monoisotopic (exact) mass is 424 g/mol. The lowest BCUT2D eigenvalue weighted by atomic mass is 10.2. The van der Waals surface area contributed by atoms with Crippen LogP contribution >= 0.6 is 11.8 Å². The fourth-order valence-corrected chi connectivity index (χ4v) is 3.33. The average Bonchev–Trinajstić information content (AvgIpc) is 3.35. The Hall–Kier alpha value is -3.53. The van der Waals surface area contributed by atoms with Crippen LogP contribution in [0.2, 0.25) is 0 Å². The van der Waals surface area contributed by atoms with Gasteiger partial charge in [-0.2, -0.15) is 4.98 Å². The highest BCUT2D eigenvalue weighted by molar-refractivity contribution is 7.99. The molecule has 0 radical (unpaired) electrons. The van der Waals surface area contributed by atoms with Gasteiger partial charge in [-0.25, -0.2) is 4.39 Å². The number of halogens is 1. The number of carbonyl (C=O) groups excluding carboxylic acids is 1. The number of hydrogen-bond donors (Lipinski definition) is 1. The van der Waals surface area contributed by atoms with Gasteiger partial charge in [0.05, 0.1) is 5.75 Å². The van der Waals surface area contributed by atoms with E-state index >= 15 is 0 Å². The van der Waals surface area contributed by atoms with Crippen LogP contribution in [0.3, 0.4) is 0 Å². The molecular weight excluding hydrogens is 407 g/mol. The zero-order valence-electron chi connectivity index (χ0n) is 16.2. The minimum absolute atomic E-state index is 0.148. The number of hydrogen-bond acceptors (Lipinski definition) is 7. The fraction of sp³-hybridized carbons (Fsp3) is 0.150. The Morgan fingerprint density at radius 3 is 2.60 bits per heavy atom. The minimum atomic E-state index is -0.344. The Morgan fingerprint density at radius 1 is 1.13 bits per heavy atom. The molecule has 0 unspecified atom stereocenters. The Balaban J connectivity index is 1.42. The molecule has 4 rings (SSSR count). The first-order valence-electron chi connectivity index (χ1n) is 8.98. The lowest BCUT2D eigenvalue weighted by Gasteiger charge is -2.05. The number of aromatic nitrogens is 5. The largest absolute Gasteiger partial charge is 0.330 e. The van der Waals surface area contributed by atoms with Gasteiger partial charge in [-0.3, -0.25) is 4.79 Å². The molecule has 0 aliphatic carbocycles. The van der Waals surface area contributed by atoms with Gasteiger partial charge in [0.15, 0.2) is 5.16 Å². The predicted molar refractivity (Wildman–Crippen MR) is 110 cm³/mol. The number of carbonyl (C=O) groups is 1. The van der Waals surface area contributed by atoms with Gasteiger partial charge >= 0.3 is 0 Å². The quantitative estimate of drug-likeness (QED) is 0.471. The second kappa shape index (κ2) is 8.46. The Labute approximate surface area is 175 Å². The number of thioether (sulfide) groups is 1. The predicted octanol–water partition coefficient (Wildman–Crippen LogP) is 3.71. The lowest BCUT2D eigenvalue weighted by molar-refractivity contribution is -0.113. The molecule has 0 atom stereocenters. The highest BCUT2D eigenvalue weighted by Crippen LogP contribution is 2.24. The van der Waals surface area contributed by atoms with Crippen LogP contribution in [0, 0.1) is 12.7 Å². The number of nitrogens with one attached hydrogen (secondary N) is 1. The van der Waals surface area contributed by atoms with Gasteiger partial charge in [0.1, 0.15) is 5.82 Å². The van der Waals surface area contributed by atoms with Crippen LogP contribution in [-0.4, -0.2) is 36.6 Å². The molecule has 4 aromatic rings. The molecule has 30 heavy (non-hydrogen) atoms. The van der Waals surface area contributed by atoms with E-state index in [9.17, 15) is 9.18 Å². The molecule has 1 amide bonds. The highest BCUT2D eigenvalue weighted by Gasteiger charge is 2.19. The lowest BCUT2D eigenvalue weighted by Crippen LogP contribution is -2.14. The summed E-state index contributed by atoms with van der Waals surface area (Å²) in [4.78, 5) is 16.5. The molecule has 0 aliphatic heterocycles. The molecule has 152 valence electrons. The molecule has 0 saturated heterocycles. The van der Waals surface area contributed by atoms with Crippen molar-refractivity contribution in [2.45, 2.75) is 12.1 Å². The second-order valence-corrected chi connectivity index (χ2v) is 7.44. The van der Waals surface area contributed by atoms with E-state index in [0.717, 1.165) is 11.3 Å². The maximum Gasteiger partial charge on any atom is 0.296 e. The molecule has 8 nitrogen and oxygen atoms in total. The third kappa shape index (κ3) is 4.38. The van der Waals surface area contributed by atoms with E-state index in [1.54, 1.807) is 23.7 Å². The standard InChI is InChI=1S/C20H17FN6O2S/c1-12-3-9-15(10-4-12)22-16(28)11-30-20-25-24-18(27(20)2)19-23-17(26-29-19)13-5-7-14(21)8-6-13/h3-10H,11H2,1-2H3,(H,22,28). The zero-order valence-corrected chi connectivity index (χ0v) is 17.0. The van der Waals surface area contributed by atoms with Crippen molar-refractivity contribution in [1.29, 1.82) is 0 Å². The van der Waals surface area contributed by atoms with Crippen LogP contribution in [0.4, 0.5) is 10.1 Å². The smallest absolute Gasteiger partial charge is 0.296 e. The van der Waals surface area contributed by atoms with Gasteiger partial charge in [-0.05, 0) is 43.3 Å². The summed E-state index contributed by atoms with van der Waals surface area (Å²) < 4.78 is 20.0. The number of nitrogens with zero attached hydrogens (tertiary/aromatic N) is 5. The summed E-state index contributed by atoms with van der Waals surface area (Å²) in [5.74, 6) is 0.552. The van der Waals surface area contributed by atoms with Crippen LogP contribution in [0.15, 0.2) is 58.2 Å². The Morgan fingerprint density at radius 2 is 1.87 bits per heavy atom. The topological polar surface area (TPSA) is 98.7 Å². The molecule has 2 aromatic heterocycles. The van der Waals surface area contributed by atoms with E-state index < -0.39 is 0 Å². The summed E-state index contributed by atoms with van der Waals surface area (Å²) >= 11 is 1.24. The van der Waals surface area contributed by atoms with E-state index in [2.05, 4.69) is 25.7 Å². The van der Waals surface area contributed by atoms with Gasteiger partial charge in [0, 0.05) is 18.3 Å². The first kappa shape index (κ1) is 19.8. The zero-order chi connectivity index (χ0) is 21.1. The van der Waals surface area contributed by atoms with Crippen molar-refractivity contribution in [2.24, 2.45) is 7.05 Å². The Kier molecular flexibility index (Phi) is 5.57. The summed E-state index contributed by atoms with van der Waals surface area (Å²) in [6.07, 6.45) is 0. The van der Waals surface area contributed by atoms with Crippen molar-refractivity contribution in [3.8, 4) is 23.1 Å². The number of benzene rings is 2. The Bertz CT molecular complexity index is 1170. The molecule has 0 aliphatic rings. The third-order valence-corrected chi connectivity index (χ3v) is 5.24. The molecule has 2 heterocycles. The molecule has 0 saturated carbocycles. The summed E-state index contributed by atoms with van der Waals surface area (Å²) in [5.41, 5.74) is 2.48. The number of anilines is 1. The van der Waals surface area contributed by atoms with Crippen LogP contribution in [0.1, 0.15) is 5.56 Å². The maximum atomic E-state index is 13.1. The van der Waals surface area contributed by atoms with E-state index in [1.165, 1.54) is 23.9 Å². The van der Waals surface area contributed by atoms with Crippen molar-refractivity contribution in [3.63, 3.8) is 0 Å². The molecule has 2 aromatic carbocycles. The number of aryl methyl sites for hydroxylation is 1. The first-order chi connectivity index (χ1) is 14.5. The van der Waals surface area contributed by atoms with Crippen LogP contribution < -0.4 is 5.32 Å². The third-order valence-electron chi connectivity index (χ3n) is 4.22. The molecular formula is C20H17FN6O2S. The van der Waals surface area contributed by atoms with Crippen molar-refractivity contribution >= 4 is 23.4 Å². The van der Waals surface area contributed by atoms with Crippen LogP contribution in [0.5, 0.6) is 0 Å².